The monoisotopic (exact) mass is 232 g/mol. The molecule has 86 valence electrons. The Kier molecular flexibility index (Phi) is 3.87. The first kappa shape index (κ1) is 12.2. The highest BCUT2D eigenvalue weighted by Crippen LogP contribution is 2.25. The van der Waals surface area contributed by atoms with E-state index in [1.807, 2.05) is 6.92 Å². The van der Waals surface area contributed by atoms with Crippen molar-refractivity contribution in [2.45, 2.75) is 31.4 Å². The lowest BCUT2D eigenvalue weighted by Gasteiger charge is -2.12. The molecule has 15 heavy (non-hydrogen) atoms. The number of aryl methyl sites for hydroxylation is 1. The molecule has 0 aliphatic heterocycles. The van der Waals surface area contributed by atoms with Crippen LogP contribution in [0.5, 0.6) is 0 Å². The molecular weight excluding hydrogens is 216 g/mol. The quantitative estimate of drug-likeness (QED) is 0.781. The van der Waals surface area contributed by atoms with Crippen LogP contribution >= 0.6 is 0 Å². The molecule has 0 saturated heterocycles. The zero-order chi connectivity index (χ0) is 11.5. The van der Waals surface area contributed by atoms with Gasteiger partial charge in [0.15, 0.2) is 0 Å². The molecule has 1 heterocycles. The Bertz CT molecular complexity index is 411. The summed E-state index contributed by atoms with van der Waals surface area (Å²) < 4.78 is 33.1. The highest BCUT2D eigenvalue weighted by Gasteiger charge is 2.27. The zero-order valence-electron chi connectivity index (χ0n) is 8.92. The summed E-state index contributed by atoms with van der Waals surface area (Å²) in [4.78, 5) is 3.96. The van der Waals surface area contributed by atoms with E-state index in [4.69, 9.17) is 4.55 Å². The Balaban J connectivity index is 2.97. The van der Waals surface area contributed by atoms with Gasteiger partial charge in [-0.05, 0) is 6.42 Å². The number of unbranched alkanes of at least 4 members (excludes halogenated alkanes) is 1. The molecule has 1 rings (SSSR count). The average Bonchev–Trinajstić information content (AvgIpc) is 2.51. The molecule has 0 aliphatic carbocycles. The molecule has 5 nitrogen and oxygen atoms in total. The van der Waals surface area contributed by atoms with Crippen LogP contribution in [0, 0.1) is 0 Å². The summed E-state index contributed by atoms with van der Waals surface area (Å²) in [6.45, 7) is 1.97. The number of imidazole rings is 1. The Hall–Kier alpha value is -0.880. The van der Waals surface area contributed by atoms with Crippen molar-refractivity contribution in [2.75, 3.05) is 0 Å². The van der Waals surface area contributed by atoms with Crippen LogP contribution in [0.3, 0.4) is 0 Å². The van der Waals surface area contributed by atoms with Gasteiger partial charge >= 0.3 is 0 Å². The average molecular weight is 232 g/mol. The van der Waals surface area contributed by atoms with Gasteiger partial charge in [0.05, 0.1) is 0 Å². The third kappa shape index (κ3) is 3.04. The summed E-state index contributed by atoms with van der Waals surface area (Å²) in [5.41, 5.74) is 0. The maximum Gasteiger partial charge on any atom is 0.275 e. The van der Waals surface area contributed by atoms with Crippen LogP contribution < -0.4 is 0 Å². The number of hydrogen-bond acceptors (Lipinski definition) is 3. The predicted octanol–water partition coefficient (Wildman–Crippen LogP) is 1.54. The zero-order valence-corrected chi connectivity index (χ0v) is 9.74. The van der Waals surface area contributed by atoms with E-state index in [2.05, 4.69) is 4.98 Å². The van der Waals surface area contributed by atoms with E-state index in [1.165, 1.54) is 6.20 Å². The van der Waals surface area contributed by atoms with Crippen LogP contribution in [-0.2, 0) is 17.2 Å². The lowest BCUT2D eigenvalue weighted by atomic mass is 10.2. The molecule has 0 bridgehead atoms. The standard InChI is InChI=1S/C9H16N2O3S/c1-3-4-5-8(15(12,13)14)9-10-6-7-11(9)2/h6-8H,3-5H2,1-2H3,(H,12,13,14). The number of aromatic nitrogens is 2. The largest absolute Gasteiger partial charge is 0.337 e. The third-order valence-corrected chi connectivity index (χ3v) is 3.49. The van der Waals surface area contributed by atoms with Crippen molar-refractivity contribution >= 4 is 10.1 Å². The molecule has 0 aromatic carbocycles. The molecule has 1 atom stereocenters. The van der Waals surface area contributed by atoms with E-state index in [-0.39, 0.29) is 0 Å². The third-order valence-electron chi connectivity index (χ3n) is 2.33. The second kappa shape index (κ2) is 4.76. The molecule has 0 fully saturated rings. The fourth-order valence-corrected chi connectivity index (χ4v) is 2.45. The molecule has 0 radical (unpaired) electrons. The Labute approximate surface area is 89.9 Å². The number of hydrogen-bond donors (Lipinski definition) is 1. The normalized spacial score (nSPS) is 14.1. The van der Waals surface area contributed by atoms with Gasteiger partial charge in [-0.25, -0.2) is 4.98 Å². The summed E-state index contributed by atoms with van der Waals surface area (Å²) in [5.74, 6) is 0.394. The molecule has 1 N–H and O–H groups in total. The van der Waals surface area contributed by atoms with Crippen LogP contribution in [0.2, 0.25) is 0 Å². The fraction of sp³-hybridized carbons (Fsp3) is 0.667. The van der Waals surface area contributed by atoms with Crippen molar-refractivity contribution in [3.8, 4) is 0 Å². The number of rotatable bonds is 5. The summed E-state index contributed by atoms with van der Waals surface area (Å²) in [6, 6.07) is 0. The summed E-state index contributed by atoms with van der Waals surface area (Å²) >= 11 is 0. The van der Waals surface area contributed by atoms with Gasteiger partial charge in [0.25, 0.3) is 10.1 Å². The first-order valence-electron chi connectivity index (χ1n) is 4.90. The fourth-order valence-electron chi connectivity index (χ4n) is 1.49. The lowest BCUT2D eigenvalue weighted by molar-refractivity contribution is 0.455. The van der Waals surface area contributed by atoms with E-state index in [0.29, 0.717) is 12.2 Å². The SMILES string of the molecule is CCCCC(c1nccn1C)S(=O)(=O)O. The maximum atomic E-state index is 11.2. The van der Waals surface area contributed by atoms with Crippen LogP contribution in [0.1, 0.15) is 37.3 Å². The van der Waals surface area contributed by atoms with Crippen molar-refractivity contribution in [2.24, 2.45) is 7.05 Å². The van der Waals surface area contributed by atoms with Crippen molar-refractivity contribution in [3.05, 3.63) is 18.2 Å². The molecule has 6 heteroatoms. The molecule has 1 aromatic rings. The van der Waals surface area contributed by atoms with Crippen LogP contribution in [0.15, 0.2) is 12.4 Å². The van der Waals surface area contributed by atoms with Gasteiger partial charge in [-0.15, -0.1) is 0 Å². The smallest absolute Gasteiger partial charge is 0.275 e. The molecule has 1 aromatic heterocycles. The lowest BCUT2D eigenvalue weighted by Crippen LogP contribution is -2.16. The highest BCUT2D eigenvalue weighted by molar-refractivity contribution is 7.86. The minimum absolute atomic E-state index is 0.394. The van der Waals surface area contributed by atoms with Gasteiger partial charge < -0.3 is 4.57 Å². The molecule has 0 spiro atoms. The molecular formula is C9H16N2O3S. The molecule has 0 saturated carbocycles. The van der Waals surface area contributed by atoms with Gasteiger partial charge in [0, 0.05) is 19.4 Å². The van der Waals surface area contributed by atoms with Crippen LogP contribution in [-0.4, -0.2) is 22.5 Å². The second-order valence-corrected chi connectivity index (χ2v) is 5.14. The Morgan fingerprint density at radius 1 is 1.60 bits per heavy atom. The van der Waals surface area contributed by atoms with Crippen LogP contribution in [0.25, 0.3) is 0 Å². The molecule has 0 amide bonds. The van der Waals surface area contributed by atoms with E-state index in [1.54, 1.807) is 17.8 Å². The first-order valence-corrected chi connectivity index (χ1v) is 6.40. The van der Waals surface area contributed by atoms with Crippen LogP contribution in [0.4, 0.5) is 0 Å². The van der Waals surface area contributed by atoms with Crippen molar-refractivity contribution in [3.63, 3.8) is 0 Å². The van der Waals surface area contributed by atoms with Crippen molar-refractivity contribution in [1.29, 1.82) is 0 Å². The Morgan fingerprint density at radius 2 is 2.27 bits per heavy atom. The van der Waals surface area contributed by atoms with Gasteiger partial charge in [0.1, 0.15) is 11.1 Å². The van der Waals surface area contributed by atoms with E-state index >= 15 is 0 Å². The number of nitrogens with zero attached hydrogens (tertiary/aromatic N) is 2. The first-order chi connectivity index (χ1) is 6.96. The van der Waals surface area contributed by atoms with E-state index in [9.17, 15) is 8.42 Å². The topological polar surface area (TPSA) is 72.2 Å². The van der Waals surface area contributed by atoms with Crippen molar-refractivity contribution in [1.82, 2.24) is 9.55 Å². The molecule has 1 unspecified atom stereocenters. The van der Waals surface area contributed by atoms with E-state index < -0.39 is 15.4 Å². The van der Waals surface area contributed by atoms with Gasteiger partial charge in [0.2, 0.25) is 0 Å². The molecule has 0 aliphatic rings. The second-order valence-electron chi connectivity index (χ2n) is 3.54. The highest BCUT2D eigenvalue weighted by atomic mass is 32.2. The minimum Gasteiger partial charge on any atom is -0.337 e. The summed E-state index contributed by atoms with van der Waals surface area (Å²) in [7, 11) is -2.35. The van der Waals surface area contributed by atoms with Crippen molar-refractivity contribution < 1.29 is 13.0 Å². The maximum absolute atomic E-state index is 11.2. The van der Waals surface area contributed by atoms with Gasteiger partial charge in [-0.2, -0.15) is 8.42 Å². The van der Waals surface area contributed by atoms with Gasteiger partial charge in [-0.3, -0.25) is 4.55 Å². The summed E-state index contributed by atoms with van der Waals surface area (Å²) in [5, 5.41) is -0.905. The summed E-state index contributed by atoms with van der Waals surface area (Å²) in [6.07, 6.45) is 5.23. The Morgan fingerprint density at radius 3 is 2.67 bits per heavy atom. The minimum atomic E-state index is -4.07. The van der Waals surface area contributed by atoms with Gasteiger partial charge in [-0.1, -0.05) is 19.8 Å². The van der Waals surface area contributed by atoms with E-state index in [0.717, 1.165) is 12.8 Å². The predicted molar refractivity (Wildman–Crippen MR) is 57.0 cm³/mol.